The summed E-state index contributed by atoms with van der Waals surface area (Å²) in [5.74, 6) is 2.08. The predicted molar refractivity (Wildman–Crippen MR) is 73.3 cm³/mol. The third-order valence-corrected chi connectivity index (χ3v) is 3.34. The highest BCUT2D eigenvalue weighted by atomic mass is 79.9. The van der Waals surface area contributed by atoms with E-state index in [-0.39, 0.29) is 0 Å². The summed E-state index contributed by atoms with van der Waals surface area (Å²) in [7, 11) is 0. The Bertz CT molecular complexity index is 356. The van der Waals surface area contributed by atoms with Gasteiger partial charge in [-0.25, -0.2) is 0 Å². The van der Waals surface area contributed by atoms with Crippen molar-refractivity contribution in [2.45, 2.75) is 40.5 Å². The molecule has 0 bridgehead atoms. The molecule has 0 radical (unpaired) electrons. The minimum absolute atomic E-state index is 0.485. The fourth-order valence-electron chi connectivity index (χ4n) is 1.50. The van der Waals surface area contributed by atoms with Gasteiger partial charge in [0.25, 0.3) is 0 Å². The van der Waals surface area contributed by atoms with Gasteiger partial charge in [0.1, 0.15) is 5.75 Å². The minimum atomic E-state index is 0.485. The zero-order valence-electron chi connectivity index (χ0n) is 10.8. The van der Waals surface area contributed by atoms with Crippen LogP contribution in [0.25, 0.3) is 0 Å². The molecule has 0 amide bonds. The van der Waals surface area contributed by atoms with Gasteiger partial charge in [0.05, 0.1) is 6.61 Å². The van der Waals surface area contributed by atoms with E-state index in [1.807, 2.05) is 0 Å². The number of ether oxygens (including phenoxy) is 1. The molecule has 0 aliphatic carbocycles. The molecule has 0 atom stereocenters. The largest absolute Gasteiger partial charge is 0.493 e. The van der Waals surface area contributed by atoms with Gasteiger partial charge in [-0.15, -0.1) is 0 Å². The van der Waals surface area contributed by atoms with Crippen LogP contribution in [-0.2, 0) is 0 Å². The van der Waals surface area contributed by atoms with Crippen LogP contribution < -0.4 is 4.74 Å². The average molecular weight is 285 g/mol. The maximum absolute atomic E-state index is 5.87. The predicted octanol–water partition coefficient (Wildman–Crippen LogP) is 4.92. The fourth-order valence-corrected chi connectivity index (χ4v) is 1.86. The summed E-state index contributed by atoms with van der Waals surface area (Å²) >= 11 is 3.57. The second-order valence-corrected chi connectivity index (χ2v) is 5.85. The first-order chi connectivity index (χ1) is 7.41. The molecule has 1 aromatic rings. The van der Waals surface area contributed by atoms with Crippen LogP contribution in [0.1, 0.15) is 44.7 Å². The summed E-state index contributed by atoms with van der Waals surface area (Å²) in [5, 5.41) is 0. The number of halogens is 1. The van der Waals surface area contributed by atoms with Crippen LogP contribution in [0.5, 0.6) is 5.75 Å². The van der Waals surface area contributed by atoms with Gasteiger partial charge in [-0.3, -0.25) is 0 Å². The Morgan fingerprint density at radius 1 is 1.19 bits per heavy atom. The first-order valence-corrected chi connectivity index (χ1v) is 6.64. The summed E-state index contributed by atoms with van der Waals surface area (Å²) in [6, 6.07) is 4.30. The molecule has 0 fully saturated rings. The van der Waals surface area contributed by atoms with Gasteiger partial charge in [-0.1, -0.05) is 43.6 Å². The van der Waals surface area contributed by atoms with Crippen LogP contribution in [0.15, 0.2) is 16.6 Å². The molecule has 1 aromatic carbocycles. The molecule has 16 heavy (non-hydrogen) atoms. The Morgan fingerprint density at radius 3 is 2.31 bits per heavy atom. The van der Waals surface area contributed by atoms with Gasteiger partial charge in [0.2, 0.25) is 0 Å². The van der Waals surface area contributed by atoms with E-state index in [0.717, 1.165) is 16.8 Å². The van der Waals surface area contributed by atoms with Crippen LogP contribution in [0, 0.1) is 12.8 Å². The molecule has 0 aromatic heterocycles. The summed E-state index contributed by atoms with van der Waals surface area (Å²) in [6.07, 6.45) is 0. The van der Waals surface area contributed by atoms with Crippen molar-refractivity contribution in [2.24, 2.45) is 5.92 Å². The van der Waals surface area contributed by atoms with Crippen molar-refractivity contribution in [3.63, 3.8) is 0 Å². The second kappa shape index (κ2) is 5.72. The summed E-state index contributed by atoms with van der Waals surface area (Å²) < 4.78 is 7.04. The molecule has 0 aliphatic heterocycles. The standard InChI is InChI=1S/C14H21BrO/c1-9(2)8-16-14-6-11(5)13(15)7-12(14)10(3)4/h6-7,9-10H,8H2,1-5H3. The van der Waals surface area contributed by atoms with Crippen LogP contribution in [0.3, 0.4) is 0 Å². The average Bonchev–Trinajstić information content (AvgIpc) is 2.18. The minimum Gasteiger partial charge on any atom is -0.493 e. The highest BCUT2D eigenvalue weighted by molar-refractivity contribution is 9.10. The van der Waals surface area contributed by atoms with Gasteiger partial charge in [-0.05, 0) is 42.0 Å². The Labute approximate surface area is 107 Å². The lowest BCUT2D eigenvalue weighted by Gasteiger charge is -2.17. The quantitative estimate of drug-likeness (QED) is 0.763. The van der Waals surface area contributed by atoms with E-state index >= 15 is 0 Å². The van der Waals surface area contributed by atoms with Gasteiger partial charge in [-0.2, -0.15) is 0 Å². The first-order valence-electron chi connectivity index (χ1n) is 5.84. The maximum Gasteiger partial charge on any atom is 0.123 e. The molecule has 0 heterocycles. The number of rotatable bonds is 4. The highest BCUT2D eigenvalue weighted by Crippen LogP contribution is 2.32. The summed E-state index contributed by atoms with van der Waals surface area (Å²) in [5.41, 5.74) is 2.50. The number of hydrogen-bond donors (Lipinski definition) is 0. The van der Waals surface area contributed by atoms with E-state index in [1.165, 1.54) is 11.1 Å². The van der Waals surface area contributed by atoms with Crippen LogP contribution >= 0.6 is 15.9 Å². The number of hydrogen-bond acceptors (Lipinski definition) is 1. The van der Waals surface area contributed by atoms with E-state index in [4.69, 9.17) is 4.74 Å². The molecule has 90 valence electrons. The number of aryl methyl sites for hydroxylation is 1. The van der Waals surface area contributed by atoms with E-state index in [0.29, 0.717) is 11.8 Å². The van der Waals surface area contributed by atoms with Gasteiger partial charge >= 0.3 is 0 Å². The van der Waals surface area contributed by atoms with Gasteiger partial charge in [0, 0.05) is 4.47 Å². The van der Waals surface area contributed by atoms with Crippen molar-refractivity contribution < 1.29 is 4.74 Å². The molecule has 1 rings (SSSR count). The van der Waals surface area contributed by atoms with E-state index < -0.39 is 0 Å². The molecule has 0 saturated carbocycles. The normalized spacial score (nSPS) is 11.2. The molecule has 0 N–H and O–H groups in total. The lowest BCUT2D eigenvalue weighted by atomic mass is 10.0. The third-order valence-electron chi connectivity index (χ3n) is 2.49. The zero-order valence-corrected chi connectivity index (χ0v) is 12.4. The van der Waals surface area contributed by atoms with Crippen LogP contribution in [0.2, 0.25) is 0 Å². The number of benzene rings is 1. The monoisotopic (exact) mass is 284 g/mol. The molecular formula is C14H21BrO. The van der Waals surface area contributed by atoms with Crippen molar-refractivity contribution in [3.05, 3.63) is 27.7 Å². The second-order valence-electron chi connectivity index (χ2n) is 5.00. The third kappa shape index (κ3) is 3.51. The lowest BCUT2D eigenvalue weighted by molar-refractivity contribution is 0.267. The highest BCUT2D eigenvalue weighted by Gasteiger charge is 2.11. The molecule has 2 heteroatoms. The van der Waals surface area contributed by atoms with Crippen molar-refractivity contribution >= 4 is 15.9 Å². The summed E-state index contributed by atoms with van der Waals surface area (Å²) in [6.45, 7) is 11.6. The van der Waals surface area contributed by atoms with Crippen LogP contribution in [0.4, 0.5) is 0 Å². The molecule has 0 spiro atoms. The van der Waals surface area contributed by atoms with E-state index in [9.17, 15) is 0 Å². The molecule has 0 saturated heterocycles. The maximum atomic E-state index is 5.87. The molecular weight excluding hydrogens is 264 g/mol. The van der Waals surface area contributed by atoms with Crippen molar-refractivity contribution in [2.75, 3.05) is 6.61 Å². The zero-order chi connectivity index (χ0) is 12.3. The molecule has 0 unspecified atom stereocenters. The van der Waals surface area contributed by atoms with Crippen LogP contribution in [-0.4, -0.2) is 6.61 Å². The van der Waals surface area contributed by atoms with E-state index in [2.05, 4.69) is 62.7 Å². The topological polar surface area (TPSA) is 9.23 Å². The van der Waals surface area contributed by atoms with Crippen molar-refractivity contribution in [3.8, 4) is 5.75 Å². The molecule has 0 aliphatic rings. The smallest absolute Gasteiger partial charge is 0.123 e. The first kappa shape index (κ1) is 13.6. The SMILES string of the molecule is Cc1cc(OCC(C)C)c(C(C)C)cc1Br. The molecule has 1 nitrogen and oxygen atoms in total. The Kier molecular flexibility index (Phi) is 4.85. The fraction of sp³-hybridized carbons (Fsp3) is 0.571. The van der Waals surface area contributed by atoms with E-state index in [1.54, 1.807) is 0 Å². The Morgan fingerprint density at radius 2 is 1.81 bits per heavy atom. The lowest BCUT2D eigenvalue weighted by Crippen LogP contribution is -2.07. The Balaban J connectivity index is 3.00. The van der Waals surface area contributed by atoms with Crippen molar-refractivity contribution in [1.29, 1.82) is 0 Å². The Hall–Kier alpha value is -0.500. The van der Waals surface area contributed by atoms with Gasteiger partial charge in [0.15, 0.2) is 0 Å². The van der Waals surface area contributed by atoms with Gasteiger partial charge < -0.3 is 4.74 Å². The summed E-state index contributed by atoms with van der Waals surface area (Å²) in [4.78, 5) is 0. The van der Waals surface area contributed by atoms with Crippen molar-refractivity contribution in [1.82, 2.24) is 0 Å².